The molecule has 1 aliphatic rings. The number of rotatable bonds is 13. The molecule has 256 valence electrons. The van der Waals surface area contributed by atoms with E-state index >= 15 is 0 Å². The molecule has 1 amide bonds. The highest BCUT2D eigenvalue weighted by Crippen LogP contribution is 2.30. The summed E-state index contributed by atoms with van der Waals surface area (Å²) in [5.41, 5.74) is 4.02. The van der Waals surface area contributed by atoms with Crippen LogP contribution < -0.4 is 14.2 Å². The first-order valence-electron chi connectivity index (χ1n) is 16.3. The van der Waals surface area contributed by atoms with Gasteiger partial charge in [-0.05, 0) is 82.9 Å². The van der Waals surface area contributed by atoms with Gasteiger partial charge < -0.3 is 19.1 Å². The van der Waals surface area contributed by atoms with Gasteiger partial charge in [0.15, 0.2) is 0 Å². The molecule has 0 radical (unpaired) electrons. The molecule has 1 saturated heterocycles. The number of halogens is 3. The molecular weight excluding hydrogens is 660 g/mol. The normalized spacial score (nSPS) is 13.4. The van der Waals surface area contributed by atoms with E-state index < -0.39 is 0 Å². The number of hydrogen-bond donors (Lipinski definition) is 0. The van der Waals surface area contributed by atoms with Gasteiger partial charge in [0, 0.05) is 51.3 Å². The van der Waals surface area contributed by atoms with E-state index in [2.05, 4.69) is 34.1 Å². The van der Waals surface area contributed by atoms with E-state index in [1.165, 1.54) is 35.4 Å². The SMILES string of the molecule is O=C(/C=C/c1ccc(Oc2ccc(OCc3ccc(F)cc3)cn2)c(Cl)c1)N1CCN(Cc2ccc(CCOc3ccc(F)cc3)cc2)CC1. The van der Waals surface area contributed by atoms with E-state index in [1.54, 1.807) is 66.9 Å². The fourth-order valence-corrected chi connectivity index (χ4v) is 5.59. The molecule has 2 heterocycles. The first kappa shape index (κ1) is 34.6. The summed E-state index contributed by atoms with van der Waals surface area (Å²) in [5, 5.41) is 0.387. The van der Waals surface area contributed by atoms with E-state index in [0.717, 1.165) is 37.2 Å². The zero-order valence-corrected chi connectivity index (χ0v) is 28.1. The van der Waals surface area contributed by atoms with Crippen molar-refractivity contribution < 1.29 is 27.8 Å². The number of carbonyl (C=O) groups excluding carboxylic acids is 1. The lowest BCUT2D eigenvalue weighted by Crippen LogP contribution is -2.47. The maximum atomic E-state index is 13.1. The lowest BCUT2D eigenvalue weighted by molar-refractivity contribution is -0.127. The van der Waals surface area contributed by atoms with E-state index in [9.17, 15) is 13.6 Å². The Morgan fingerprint density at radius 3 is 2.10 bits per heavy atom. The number of piperazine rings is 1. The van der Waals surface area contributed by atoms with Gasteiger partial charge >= 0.3 is 0 Å². The van der Waals surface area contributed by atoms with Crippen molar-refractivity contribution in [2.24, 2.45) is 0 Å². The van der Waals surface area contributed by atoms with Gasteiger partial charge in [0.05, 0.1) is 17.8 Å². The van der Waals surface area contributed by atoms with Crippen LogP contribution in [0.15, 0.2) is 115 Å². The van der Waals surface area contributed by atoms with Crippen LogP contribution in [-0.4, -0.2) is 53.5 Å². The average molecular weight is 696 g/mol. The Morgan fingerprint density at radius 2 is 1.42 bits per heavy atom. The van der Waals surface area contributed by atoms with E-state index in [0.29, 0.717) is 47.8 Å². The highest BCUT2D eigenvalue weighted by atomic mass is 35.5. The van der Waals surface area contributed by atoms with E-state index in [1.807, 2.05) is 11.0 Å². The topological polar surface area (TPSA) is 64.1 Å². The van der Waals surface area contributed by atoms with Crippen LogP contribution in [0, 0.1) is 11.6 Å². The van der Waals surface area contributed by atoms with Crippen molar-refractivity contribution >= 4 is 23.6 Å². The molecule has 0 aliphatic carbocycles. The van der Waals surface area contributed by atoms with Gasteiger partial charge in [-0.15, -0.1) is 0 Å². The van der Waals surface area contributed by atoms with Crippen LogP contribution in [0.3, 0.4) is 0 Å². The highest BCUT2D eigenvalue weighted by molar-refractivity contribution is 6.32. The van der Waals surface area contributed by atoms with Gasteiger partial charge in [-0.3, -0.25) is 9.69 Å². The summed E-state index contributed by atoms with van der Waals surface area (Å²) < 4.78 is 43.4. The lowest BCUT2D eigenvalue weighted by atomic mass is 10.1. The molecule has 4 aromatic carbocycles. The second kappa shape index (κ2) is 16.9. The van der Waals surface area contributed by atoms with Gasteiger partial charge in [-0.25, -0.2) is 13.8 Å². The lowest BCUT2D eigenvalue weighted by Gasteiger charge is -2.34. The smallest absolute Gasteiger partial charge is 0.246 e. The molecule has 0 N–H and O–H groups in total. The van der Waals surface area contributed by atoms with Crippen molar-refractivity contribution in [3.63, 3.8) is 0 Å². The van der Waals surface area contributed by atoms with Crippen molar-refractivity contribution in [2.75, 3.05) is 32.8 Å². The number of aromatic nitrogens is 1. The van der Waals surface area contributed by atoms with Crippen LogP contribution in [0.2, 0.25) is 5.02 Å². The Kier molecular flexibility index (Phi) is 11.7. The number of amides is 1. The molecule has 50 heavy (non-hydrogen) atoms. The third-order valence-electron chi connectivity index (χ3n) is 8.20. The Bertz CT molecular complexity index is 1880. The van der Waals surface area contributed by atoms with Gasteiger partial charge in [-0.2, -0.15) is 0 Å². The largest absolute Gasteiger partial charge is 0.493 e. The second-order valence-electron chi connectivity index (χ2n) is 11.8. The third-order valence-corrected chi connectivity index (χ3v) is 8.50. The zero-order valence-electron chi connectivity index (χ0n) is 27.3. The fourth-order valence-electron chi connectivity index (χ4n) is 5.36. The molecule has 7 nitrogen and oxygen atoms in total. The summed E-state index contributed by atoms with van der Waals surface area (Å²) in [5.74, 6) is 1.38. The van der Waals surface area contributed by atoms with Crippen LogP contribution in [0.25, 0.3) is 6.08 Å². The standard InChI is InChI=1S/C40H36ClF2N3O4/c41-37-25-30(7-16-38(37)50-39-17-15-36(26-44-39)49-28-32-5-9-33(42)10-6-32)8-18-40(47)46-22-20-45(21-23-46)27-31-3-1-29(2-4-31)19-24-48-35-13-11-34(43)12-14-35/h1-18,25-26H,19-24,27-28H2/b18-8+. The van der Waals surface area contributed by atoms with Crippen molar-refractivity contribution in [2.45, 2.75) is 19.6 Å². The van der Waals surface area contributed by atoms with Gasteiger partial charge in [-0.1, -0.05) is 54.1 Å². The zero-order chi connectivity index (χ0) is 34.7. The summed E-state index contributed by atoms with van der Waals surface area (Å²) in [6.07, 6.45) is 5.64. The predicted molar refractivity (Wildman–Crippen MR) is 189 cm³/mol. The monoisotopic (exact) mass is 695 g/mol. The second-order valence-corrected chi connectivity index (χ2v) is 12.3. The Morgan fingerprint density at radius 1 is 0.760 bits per heavy atom. The number of benzene rings is 4. The number of hydrogen-bond acceptors (Lipinski definition) is 6. The molecule has 10 heteroatoms. The van der Waals surface area contributed by atoms with Crippen LogP contribution in [0.1, 0.15) is 22.3 Å². The van der Waals surface area contributed by atoms with E-state index in [4.69, 9.17) is 25.8 Å². The number of carbonyl (C=O) groups is 1. The number of ether oxygens (including phenoxy) is 3. The average Bonchev–Trinajstić information content (AvgIpc) is 3.14. The van der Waals surface area contributed by atoms with Crippen LogP contribution in [0.4, 0.5) is 8.78 Å². The molecule has 1 aliphatic heterocycles. The summed E-state index contributed by atoms with van der Waals surface area (Å²) in [4.78, 5) is 21.4. The van der Waals surface area contributed by atoms with Crippen molar-refractivity contribution in [3.8, 4) is 23.1 Å². The number of nitrogens with zero attached hydrogens (tertiary/aromatic N) is 3. The van der Waals surface area contributed by atoms with Gasteiger partial charge in [0.2, 0.25) is 11.8 Å². The quantitative estimate of drug-likeness (QED) is 0.115. The van der Waals surface area contributed by atoms with E-state index in [-0.39, 0.29) is 24.1 Å². The van der Waals surface area contributed by atoms with Gasteiger partial charge in [0.1, 0.15) is 35.5 Å². The molecular formula is C40H36ClF2N3O4. The fraction of sp³-hybridized carbons (Fsp3) is 0.200. The maximum Gasteiger partial charge on any atom is 0.246 e. The molecule has 0 bridgehead atoms. The predicted octanol–water partition coefficient (Wildman–Crippen LogP) is 8.36. The van der Waals surface area contributed by atoms with Crippen LogP contribution in [0.5, 0.6) is 23.1 Å². The highest BCUT2D eigenvalue weighted by Gasteiger charge is 2.19. The Hall–Kier alpha value is -5.25. The Labute approximate surface area is 295 Å². The van der Waals surface area contributed by atoms with Gasteiger partial charge in [0.25, 0.3) is 0 Å². The summed E-state index contributed by atoms with van der Waals surface area (Å²) >= 11 is 6.49. The third kappa shape index (κ3) is 10.1. The molecule has 5 aromatic rings. The Balaban J connectivity index is 0.910. The molecule has 0 saturated carbocycles. The molecule has 0 unspecified atom stereocenters. The summed E-state index contributed by atoms with van der Waals surface area (Å²) in [6, 6.07) is 29.4. The molecule has 6 rings (SSSR count). The molecule has 1 aromatic heterocycles. The minimum atomic E-state index is -0.293. The molecule has 0 atom stereocenters. The van der Waals surface area contributed by atoms with Crippen molar-refractivity contribution in [3.05, 3.63) is 154 Å². The number of pyridine rings is 1. The van der Waals surface area contributed by atoms with Crippen LogP contribution >= 0.6 is 11.6 Å². The summed E-state index contributed by atoms with van der Waals surface area (Å²) in [7, 11) is 0. The summed E-state index contributed by atoms with van der Waals surface area (Å²) in [6.45, 7) is 4.52. The van der Waals surface area contributed by atoms with Crippen LogP contribution in [-0.2, 0) is 24.4 Å². The minimum Gasteiger partial charge on any atom is -0.493 e. The first-order chi connectivity index (χ1) is 24.4. The minimum absolute atomic E-state index is 0.0424. The van der Waals surface area contributed by atoms with Crippen molar-refractivity contribution in [1.82, 2.24) is 14.8 Å². The maximum absolute atomic E-state index is 13.1. The molecule has 0 spiro atoms. The molecule has 1 fully saturated rings. The first-order valence-corrected chi connectivity index (χ1v) is 16.7. The van der Waals surface area contributed by atoms with Crippen molar-refractivity contribution in [1.29, 1.82) is 0 Å².